The van der Waals surface area contributed by atoms with Gasteiger partial charge in [0.05, 0.1) is 6.54 Å². The number of aryl methyl sites for hydroxylation is 1. The number of hydrogen-bond donors (Lipinski definition) is 2. The molecule has 24 heavy (non-hydrogen) atoms. The predicted molar refractivity (Wildman–Crippen MR) is 90.4 cm³/mol. The van der Waals surface area contributed by atoms with Crippen LogP contribution in [0.25, 0.3) is 0 Å². The number of likely N-dealkylation sites (tertiary alicyclic amines) is 1. The minimum absolute atomic E-state index is 0.0705. The maximum absolute atomic E-state index is 12.1. The van der Waals surface area contributed by atoms with Gasteiger partial charge >= 0.3 is 0 Å². The SMILES string of the molecule is C[C@H]1C[C@H]1c1ccc(CCC(=O)NC2CCN(CC(N)=O)CC2)o1. The lowest BCUT2D eigenvalue weighted by Crippen LogP contribution is -2.46. The Balaban J connectivity index is 1.36. The molecule has 2 amide bonds. The van der Waals surface area contributed by atoms with Crippen LogP contribution in [0.3, 0.4) is 0 Å². The number of primary amides is 1. The Hall–Kier alpha value is -1.82. The molecular formula is C18H27N3O3. The molecular weight excluding hydrogens is 306 g/mol. The number of carbonyl (C=O) groups is 2. The van der Waals surface area contributed by atoms with Crippen molar-refractivity contribution in [2.45, 2.75) is 51.0 Å². The Morgan fingerprint density at radius 1 is 1.33 bits per heavy atom. The van der Waals surface area contributed by atoms with E-state index in [4.69, 9.17) is 10.2 Å². The highest BCUT2D eigenvalue weighted by atomic mass is 16.3. The minimum atomic E-state index is -0.295. The van der Waals surface area contributed by atoms with Gasteiger partial charge in [-0.05, 0) is 37.3 Å². The van der Waals surface area contributed by atoms with Gasteiger partial charge < -0.3 is 15.5 Å². The van der Waals surface area contributed by atoms with E-state index in [1.54, 1.807) is 0 Å². The highest BCUT2D eigenvalue weighted by Gasteiger charge is 2.36. The third-order valence-electron chi connectivity index (χ3n) is 5.09. The monoisotopic (exact) mass is 333 g/mol. The molecule has 2 aliphatic rings. The van der Waals surface area contributed by atoms with Crippen LogP contribution < -0.4 is 11.1 Å². The van der Waals surface area contributed by atoms with Crippen LogP contribution in [-0.4, -0.2) is 42.4 Å². The zero-order chi connectivity index (χ0) is 17.1. The average molecular weight is 333 g/mol. The van der Waals surface area contributed by atoms with Crippen LogP contribution in [0.5, 0.6) is 0 Å². The molecule has 6 nitrogen and oxygen atoms in total. The number of nitrogens with zero attached hydrogens (tertiary/aromatic N) is 1. The summed E-state index contributed by atoms with van der Waals surface area (Å²) in [5.41, 5.74) is 5.21. The fraction of sp³-hybridized carbons (Fsp3) is 0.667. The summed E-state index contributed by atoms with van der Waals surface area (Å²) in [6.45, 7) is 4.14. The second-order valence-corrected chi connectivity index (χ2v) is 7.21. The third-order valence-corrected chi connectivity index (χ3v) is 5.09. The quantitative estimate of drug-likeness (QED) is 0.789. The van der Waals surface area contributed by atoms with Crippen LogP contribution in [0.1, 0.15) is 50.0 Å². The number of amides is 2. The summed E-state index contributed by atoms with van der Waals surface area (Å²) in [6.07, 6.45) is 4.04. The fourth-order valence-corrected chi connectivity index (χ4v) is 3.44. The van der Waals surface area contributed by atoms with Gasteiger partial charge in [-0.1, -0.05) is 6.92 Å². The summed E-state index contributed by atoms with van der Waals surface area (Å²) < 4.78 is 5.84. The molecule has 3 rings (SSSR count). The van der Waals surface area contributed by atoms with Gasteiger partial charge in [0.25, 0.3) is 0 Å². The fourth-order valence-electron chi connectivity index (χ4n) is 3.44. The summed E-state index contributed by atoms with van der Waals surface area (Å²) in [4.78, 5) is 25.1. The maximum atomic E-state index is 12.1. The summed E-state index contributed by atoms with van der Waals surface area (Å²) >= 11 is 0. The summed E-state index contributed by atoms with van der Waals surface area (Å²) in [5.74, 6) is 3.05. The molecule has 1 aliphatic heterocycles. The van der Waals surface area contributed by atoms with Crippen molar-refractivity contribution in [2.24, 2.45) is 11.7 Å². The van der Waals surface area contributed by atoms with E-state index in [-0.39, 0.29) is 17.9 Å². The van der Waals surface area contributed by atoms with E-state index in [0.29, 0.717) is 25.3 Å². The summed E-state index contributed by atoms with van der Waals surface area (Å²) in [6, 6.07) is 4.24. The van der Waals surface area contributed by atoms with E-state index in [2.05, 4.69) is 18.3 Å². The molecule has 0 radical (unpaired) electrons. The predicted octanol–water partition coefficient (Wildman–Crippen LogP) is 1.40. The zero-order valence-corrected chi connectivity index (χ0v) is 14.3. The molecule has 1 saturated heterocycles. The molecule has 0 aromatic carbocycles. The highest BCUT2D eigenvalue weighted by molar-refractivity contribution is 5.76. The molecule has 0 spiro atoms. The molecule has 2 fully saturated rings. The van der Waals surface area contributed by atoms with Gasteiger partial charge in [0, 0.05) is 37.9 Å². The molecule has 0 unspecified atom stereocenters. The zero-order valence-electron chi connectivity index (χ0n) is 14.3. The van der Waals surface area contributed by atoms with Crippen molar-refractivity contribution >= 4 is 11.8 Å². The van der Waals surface area contributed by atoms with Crippen LogP contribution in [-0.2, 0) is 16.0 Å². The van der Waals surface area contributed by atoms with E-state index in [9.17, 15) is 9.59 Å². The minimum Gasteiger partial charge on any atom is -0.466 e. The Morgan fingerprint density at radius 2 is 2.04 bits per heavy atom. The molecule has 1 aromatic heterocycles. The van der Waals surface area contributed by atoms with Gasteiger partial charge in [-0.25, -0.2) is 0 Å². The van der Waals surface area contributed by atoms with Crippen molar-refractivity contribution in [3.05, 3.63) is 23.7 Å². The first-order chi connectivity index (χ1) is 11.5. The van der Waals surface area contributed by atoms with E-state index in [1.165, 1.54) is 6.42 Å². The van der Waals surface area contributed by atoms with Gasteiger partial charge in [0.1, 0.15) is 11.5 Å². The van der Waals surface area contributed by atoms with Gasteiger partial charge in [0.15, 0.2) is 0 Å². The largest absolute Gasteiger partial charge is 0.466 e. The Kier molecular flexibility index (Phi) is 5.23. The van der Waals surface area contributed by atoms with Crippen LogP contribution >= 0.6 is 0 Å². The number of carbonyl (C=O) groups excluding carboxylic acids is 2. The first-order valence-corrected chi connectivity index (χ1v) is 8.90. The van der Waals surface area contributed by atoms with Gasteiger partial charge in [0.2, 0.25) is 11.8 Å². The topological polar surface area (TPSA) is 88.6 Å². The normalized spacial score (nSPS) is 24.7. The second kappa shape index (κ2) is 7.38. The van der Waals surface area contributed by atoms with Gasteiger partial charge in [-0.3, -0.25) is 14.5 Å². The molecule has 132 valence electrons. The van der Waals surface area contributed by atoms with E-state index >= 15 is 0 Å². The van der Waals surface area contributed by atoms with Crippen molar-refractivity contribution in [2.75, 3.05) is 19.6 Å². The maximum Gasteiger partial charge on any atom is 0.231 e. The highest BCUT2D eigenvalue weighted by Crippen LogP contribution is 2.47. The number of piperidine rings is 1. The summed E-state index contributed by atoms with van der Waals surface area (Å²) in [5, 5.41) is 3.09. The lowest BCUT2D eigenvalue weighted by Gasteiger charge is -2.31. The lowest BCUT2D eigenvalue weighted by atomic mass is 10.0. The number of nitrogens with two attached hydrogens (primary N) is 1. The molecule has 1 aromatic rings. The van der Waals surface area contributed by atoms with E-state index in [0.717, 1.165) is 43.4 Å². The number of rotatable bonds is 7. The molecule has 0 bridgehead atoms. The van der Waals surface area contributed by atoms with E-state index < -0.39 is 0 Å². The average Bonchev–Trinajstić information content (AvgIpc) is 3.08. The molecule has 1 aliphatic carbocycles. The molecule has 2 atom stereocenters. The first kappa shape index (κ1) is 17.0. The molecule has 1 saturated carbocycles. The standard InChI is InChI=1S/C18H27N3O3/c1-12-10-15(12)16-4-2-14(24-16)3-5-18(23)20-13-6-8-21(9-7-13)11-17(19)22/h2,4,12-13,15H,3,5-11H2,1H3,(H2,19,22)(H,20,23)/t12-,15+/m0/s1. The Labute approximate surface area is 142 Å². The van der Waals surface area contributed by atoms with Crippen LogP contribution in [0.15, 0.2) is 16.5 Å². The summed E-state index contributed by atoms with van der Waals surface area (Å²) in [7, 11) is 0. The lowest BCUT2D eigenvalue weighted by molar-refractivity contribution is -0.123. The molecule has 3 N–H and O–H groups in total. The van der Waals surface area contributed by atoms with Gasteiger partial charge in [-0.15, -0.1) is 0 Å². The van der Waals surface area contributed by atoms with Crippen molar-refractivity contribution in [1.29, 1.82) is 0 Å². The van der Waals surface area contributed by atoms with Gasteiger partial charge in [-0.2, -0.15) is 0 Å². The third kappa shape index (κ3) is 4.60. The Bertz CT molecular complexity index is 590. The number of furan rings is 1. The van der Waals surface area contributed by atoms with Crippen molar-refractivity contribution in [3.8, 4) is 0 Å². The van der Waals surface area contributed by atoms with Crippen molar-refractivity contribution < 1.29 is 14.0 Å². The smallest absolute Gasteiger partial charge is 0.231 e. The number of nitrogens with one attached hydrogen (secondary N) is 1. The van der Waals surface area contributed by atoms with E-state index in [1.807, 2.05) is 11.0 Å². The van der Waals surface area contributed by atoms with Crippen LogP contribution in [0.2, 0.25) is 0 Å². The second-order valence-electron chi connectivity index (χ2n) is 7.21. The van der Waals surface area contributed by atoms with Crippen LogP contribution in [0, 0.1) is 5.92 Å². The first-order valence-electron chi connectivity index (χ1n) is 8.90. The molecule has 6 heteroatoms. The number of hydrogen-bond acceptors (Lipinski definition) is 4. The van der Waals surface area contributed by atoms with Crippen molar-refractivity contribution in [1.82, 2.24) is 10.2 Å². The van der Waals surface area contributed by atoms with Crippen molar-refractivity contribution in [3.63, 3.8) is 0 Å². The van der Waals surface area contributed by atoms with Crippen LogP contribution in [0.4, 0.5) is 0 Å². The Morgan fingerprint density at radius 3 is 2.67 bits per heavy atom. The molecule has 2 heterocycles.